The Balaban J connectivity index is 2.80. The summed E-state index contributed by atoms with van der Waals surface area (Å²) >= 11 is 42.2. The number of benzene rings is 2. The highest BCUT2D eigenvalue weighted by Gasteiger charge is 2.18. The van der Waals surface area contributed by atoms with E-state index in [9.17, 15) is 0 Å². The number of hydrogen-bond donors (Lipinski definition) is 0. The number of rotatable bonds is 1. The standard InChI is InChI=1S/C12H3Cl7/c13-5-2-7(15)6(14)1-4(5)10-8(16)3-9(17)11(18)12(10)19/h1-3H. The average molecular weight is 395 g/mol. The quantitative estimate of drug-likeness (QED) is 0.340. The summed E-state index contributed by atoms with van der Waals surface area (Å²) in [6, 6.07) is 4.57. The molecule has 0 aliphatic rings. The third kappa shape index (κ3) is 3.06. The molecule has 0 spiro atoms. The topological polar surface area (TPSA) is 0 Å². The van der Waals surface area contributed by atoms with Crippen LogP contribution < -0.4 is 0 Å². The summed E-state index contributed by atoms with van der Waals surface area (Å²) in [7, 11) is 0. The lowest BCUT2D eigenvalue weighted by Crippen LogP contribution is -1.87. The first-order valence-electron chi connectivity index (χ1n) is 4.80. The van der Waals surface area contributed by atoms with E-state index in [0.717, 1.165) is 0 Å². The van der Waals surface area contributed by atoms with E-state index in [-0.39, 0.29) is 15.1 Å². The summed E-state index contributed by atoms with van der Waals surface area (Å²) < 4.78 is 0. The van der Waals surface area contributed by atoms with Gasteiger partial charge in [0.2, 0.25) is 0 Å². The van der Waals surface area contributed by atoms with Gasteiger partial charge in [-0.2, -0.15) is 0 Å². The van der Waals surface area contributed by atoms with Crippen LogP contribution in [0.5, 0.6) is 0 Å². The van der Waals surface area contributed by atoms with Gasteiger partial charge in [0.05, 0.1) is 35.2 Å². The molecule has 2 aromatic carbocycles. The zero-order valence-corrected chi connectivity index (χ0v) is 14.2. The van der Waals surface area contributed by atoms with Crippen LogP contribution in [0.25, 0.3) is 11.1 Å². The Bertz CT molecular complexity index is 664. The lowest BCUT2D eigenvalue weighted by atomic mass is 10.1. The molecule has 100 valence electrons. The first kappa shape index (κ1) is 15.9. The molecular formula is C12H3Cl7. The monoisotopic (exact) mass is 392 g/mol. The first-order valence-corrected chi connectivity index (χ1v) is 7.45. The van der Waals surface area contributed by atoms with Crippen molar-refractivity contribution in [2.24, 2.45) is 0 Å². The van der Waals surface area contributed by atoms with Crippen LogP contribution in [0.4, 0.5) is 0 Å². The van der Waals surface area contributed by atoms with Crippen molar-refractivity contribution in [3.05, 3.63) is 53.4 Å². The van der Waals surface area contributed by atoms with Crippen LogP contribution in [-0.2, 0) is 0 Å². The molecule has 0 fully saturated rings. The molecule has 0 atom stereocenters. The van der Waals surface area contributed by atoms with Crippen molar-refractivity contribution in [1.82, 2.24) is 0 Å². The molecule has 0 aromatic heterocycles. The van der Waals surface area contributed by atoms with Gasteiger partial charge in [0.15, 0.2) is 0 Å². The maximum absolute atomic E-state index is 6.17. The Labute approximate surface area is 145 Å². The van der Waals surface area contributed by atoms with Crippen LogP contribution in [0.15, 0.2) is 18.2 Å². The third-order valence-electron chi connectivity index (χ3n) is 2.39. The van der Waals surface area contributed by atoms with Gasteiger partial charge >= 0.3 is 0 Å². The van der Waals surface area contributed by atoms with Crippen LogP contribution in [0.2, 0.25) is 35.2 Å². The Morgan fingerprint density at radius 1 is 0.474 bits per heavy atom. The van der Waals surface area contributed by atoms with Crippen molar-refractivity contribution in [1.29, 1.82) is 0 Å². The van der Waals surface area contributed by atoms with E-state index in [2.05, 4.69) is 0 Å². The van der Waals surface area contributed by atoms with Crippen LogP contribution in [-0.4, -0.2) is 0 Å². The first-order chi connectivity index (χ1) is 8.82. The molecule has 0 saturated carbocycles. The molecule has 2 aromatic rings. The second kappa shape index (κ2) is 6.07. The second-order valence-corrected chi connectivity index (χ2v) is 6.38. The molecule has 0 aliphatic heterocycles. The Kier molecular flexibility index (Phi) is 5.07. The fraction of sp³-hybridized carbons (Fsp3) is 0. The predicted octanol–water partition coefficient (Wildman–Crippen LogP) is 7.93. The van der Waals surface area contributed by atoms with Gasteiger partial charge in [0.1, 0.15) is 0 Å². The van der Waals surface area contributed by atoms with Gasteiger partial charge in [-0.25, -0.2) is 0 Å². The van der Waals surface area contributed by atoms with Crippen molar-refractivity contribution in [2.75, 3.05) is 0 Å². The number of hydrogen-bond acceptors (Lipinski definition) is 0. The highest BCUT2D eigenvalue weighted by molar-refractivity contribution is 6.51. The molecule has 0 N–H and O–H groups in total. The van der Waals surface area contributed by atoms with E-state index in [0.29, 0.717) is 31.2 Å². The highest BCUT2D eigenvalue weighted by atomic mass is 35.5. The summed E-state index contributed by atoms with van der Waals surface area (Å²) in [5.74, 6) is 0. The lowest BCUT2D eigenvalue weighted by Gasteiger charge is -2.12. The summed E-state index contributed by atoms with van der Waals surface area (Å²) in [5.41, 5.74) is 0.992. The zero-order chi connectivity index (χ0) is 14.3. The van der Waals surface area contributed by atoms with E-state index in [1.807, 2.05) is 0 Å². The molecule has 0 bridgehead atoms. The lowest BCUT2D eigenvalue weighted by molar-refractivity contribution is 1.61. The van der Waals surface area contributed by atoms with Crippen LogP contribution >= 0.6 is 81.2 Å². The van der Waals surface area contributed by atoms with Crippen LogP contribution in [0.1, 0.15) is 0 Å². The molecule has 19 heavy (non-hydrogen) atoms. The average Bonchev–Trinajstić information content (AvgIpc) is 2.33. The van der Waals surface area contributed by atoms with E-state index in [4.69, 9.17) is 81.2 Å². The van der Waals surface area contributed by atoms with Gasteiger partial charge in [-0.05, 0) is 18.2 Å². The maximum atomic E-state index is 6.17. The Hall–Kier alpha value is 0.470. The fourth-order valence-corrected chi connectivity index (χ4v) is 3.28. The van der Waals surface area contributed by atoms with Gasteiger partial charge in [-0.15, -0.1) is 0 Å². The van der Waals surface area contributed by atoms with Crippen molar-refractivity contribution in [2.45, 2.75) is 0 Å². The van der Waals surface area contributed by atoms with E-state index < -0.39 is 0 Å². The van der Waals surface area contributed by atoms with E-state index in [1.54, 1.807) is 6.07 Å². The van der Waals surface area contributed by atoms with Crippen molar-refractivity contribution < 1.29 is 0 Å². The van der Waals surface area contributed by atoms with Crippen LogP contribution in [0, 0.1) is 0 Å². The van der Waals surface area contributed by atoms with Crippen LogP contribution in [0.3, 0.4) is 0 Å². The van der Waals surface area contributed by atoms with Gasteiger partial charge in [0, 0.05) is 11.1 Å². The summed E-state index contributed by atoms with van der Waals surface area (Å²) in [6.45, 7) is 0. The smallest absolute Gasteiger partial charge is 0.0785 e. The molecule has 0 unspecified atom stereocenters. The normalized spacial score (nSPS) is 10.9. The Morgan fingerprint density at radius 3 is 1.63 bits per heavy atom. The molecule has 0 saturated heterocycles. The van der Waals surface area contributed by atoms with Gasteiger partial charge in [-0.3, -0.25) is 0 Å². The molecular weight excluding hydrogens is 392 g/mol. The van der Waals surface area contributed by atoms with Gasteiger partial charge < -0.3 is 0 Å². The van der Waals surface area contributed by atoms with Crippen molar-refractivity contribution in [3.8, 4) is 11.1 Å². The fourth-order valence-electron chi connectivity index (χ4n) is 1.53. The van der Waals surface area contributed by atoms with Crippen molar-refractivity contribution in [3.63, 3.8) is 0 Å². The zero-order valence-electron chi connectivity index (χ0n) is 8.88. The second-order valence-electron chi connectivity index (χ2n) is 3.59. The van der Waals surface area contributed by atoms with E-state index >= 15 is 0 Å². The number of halogens is 7. The molecule has 0 nitrogen and oxygen atoms in total. The van der Waals surface area contributed by atoms with Crippen molar-refractivity contribution >= 4 is 81.2 Å². The Morgan fingerprint density at radius 2 is 1.00 bits per heavy atom. The SMILES string of the molecule is Clc1cc(Cl)c(-c2c(Cl)cc(Cl)c(Cl)c2Cl)cc1Cl. The molecule has 2 rings (SSSR count). The third-order valence-corrected chi connectivity index (χ3v) is 4.99. The minimum atomic E-state index is 0.199. The highest BCUT2D eigenvalue weighted by Crippen LogP contribution is 2.46. The summed E-state index contributed by atoms with van der Waals surface area (Å²) in [6.07, 6.45) is 0. The predicted molar refractivity (Wildman–Crippen MR) is 86.9 cm³/mol. The van der Waals surface area contributed by atoms with Gasteiger partial charge in [-0.1, -0.05) is 81.2 Å². The largest absolute Gasteiger partial charge is 0.0836 e. The van der Waals surface area contributed by atoms with Gasteiger partial charge in [0.25, 0.3) is 0 Å². The maximum Gasteiger partial charge on any atom is 0.0785 e. The van der Waals surface area contributed by atoms with E-state index in [1.165, 1.54) is 12.1 Å². The summed E-state index contributed by atoms with van der Waals surface area (Å²) in [4.78, 5) is 0. The molecule has 0 heterocycles. The molecule has 0 amide bonds. The minimum absolute atomic E-state index is 0.199. The molecule has 7 heteroatoms. The molecule has 0 radical (unpaired) electrons. The molecule has 0 aliphatic carbocycles. The summed E-state index contributed by atoms with van der Waals surface area (Å²) in [5, 5.41) is 2.01. The minimum Gasteiger partial charge on any atom is -0.0836 e.